The Morgan fingerprint density at radius 1 is 1.16 bits per heavy atom. The summed E-state index contributed by atoms with van der Waals surface area (Å²) in [7, 11) is 1.61. The number of nitrogens with zero attached hydrogens (tertiary/aromatic N) is 4. The molecule has 2 fully saturated rings. The lowest BCUT2D eigenvalue weighted by Gasteiger charge is -2.35. The second kappa shape index (κ2) is 7.41. The predicted octanol–water partition coefficient (Wildman–Crippen LogP) is 1.63. The minimum Gasteiger partial charge on any atom is -0.364 e. The summed E-state index contributed by atoms with van der Waals surface area (Å²) in [4.78, 5) is 41.2. The SMILES string of the molecule is CNC(=O)c1ccc(N2CCN(Cc3cnc4c5c(c(=O)[nH]c4c3)CCC5)C3CC32)cn1. The van der Waals surface area contributed by atoms with Crippen LogP contribution in [0.4, 0.5) is 5.69 Å². The van der Waals surface area contributed by atoms with Crippen molar-refractivity contribution in [1.82, 2.24) is 25.2 Å². The molecule has 2 N–H and O–H groups in total. The normalized spacial score (nSPS) is 22.0. The highest BCUT2D eigenvalue weighted by Crippen LogP contribution is 2.40. The average molecular weight is 431 g/mol. The first kappa shape index (κ1) is 19.4. The number of anilines is 1. The van der Waals surface area contributed by atoms with Crippen molar-refractivity contribution in [3.05, 3.63) is 63.3 Å². The summed E-state index contributed by atoms with van der Waals surface area (Å²) >= 11 is 0. The molecule has 0 spiro atoms. The van der Waals surface area contributed by atoms with Crippen molar-refractivity contribution >= 4 is 22.6 Å². The van der Waals surface area contributed by atoms with Crippen molar-refractivity contribution in [1.29, 1.82) is 0 Å². The molecule has 0 bridgehead atoms. The van der Waals surface area contributed by atoms with Crippen LogP contribution in [0.2, 0.25) is 0 Å². The molecule has 0 radical (unpaired) electrons. The molecule has 1 saturated heterocycles. The van der Waals surface area contributed by atoms with E-state index in [1.165, 1.54) is 0 Å². The lowest BCUT2D eigenvalue weighted by Crippen LogP contribution is -2.46. The van der Waals surface area contributed by atoms with Gasteiger partial charge in [0.25, 0.3) is 11.5 Å². The molecule has 2 unspecified atom stereocenters. The molecular weight excluding hydrogens is 404 g/mol. The van der Waals surface area contributed by atoms with Crippen LogP contribution in [0, 0.1) is 0 Å². The molecule has 164 valence electrons. The standard InChI is InChI=1S/C24H26N6O2/c1-25-24(32)18-6-5-15(12-26-18)30-8-7-29(20-10-21(20)30)13-14-9-19-22(27-11-14)16-3-2-4-17(16)23(31)28-19/h5-6,9,11-12,20-21H,2-4,7-8,10,13H2,1H3,(H,25,32)(H,28,31). The summed E-state index contributed by atoms with van der Waals surface area (Å²) in [5, 5.41) is 2.61. The summed E-state index contributed by atoms with van der Waals surface area (Å²) in [6, 6.07) is 6.87. The minimum atomic E-state index is -0.166. The number of hydrogen-bond donors (Lipinski definition) is 2. The number of aromatic amines is 1. The van der Waals surface area contributed by atoms with Gasteiger partial charge in [-0.1, -0.05) is 0 Å². The first-order valence-corrected chi connectivity index (χ1v) is 11.3. The summed E-state index contributed by atoms with van der Waals surface area (Å²) in [6.07, 6.45) is 7.76. The van der Waals surface area contributed by atoms with Gasteiger partial charge in [-0.15, -0.1) is 0 Å². The van der Waals surface area contributed by atoms with Gasteiger partial charge in [0.1, 0.15) is 5.69 Å². The Morgan fingerprint density at radius 2 is 2.03 bits per heavy atom. The van der Waals surface area contributed by atoms with Gasteiger partial charge in [-0.2, -0.15) is 0 Å². The number of H-pyrrole nitrogens is 1. The van der Waals surface area contributed by atoms with Crippen molar-refractivity contribution in [2.75, 3.05) is 25.0 Å². The van der Waals surface area contributed by atoms with Gasteiger partial charge in [-0.05, 0) is 55.0 Å². The maximum absolute atomic E-state index is 12.4. The van der Waals surface area contributed by atoms with Gasteiger partial charge in [-0.3, -0.25) is 19.5 Å². The van der Waals surface area contributed by atoms with E-state index >= 15 is 0 Å². The number of fused-ring (bicyclic) bond motifs is 4. The number of aryl methyl sites for hydroxylation is 1. The molecule has 0 aromatic carbocycles. The monoisotopic (exact) mass is 430 g/mol. The number of carbonyl (C=O) groups excluding carboxylic acids is 1. The highest BCUT2D eigenvalue weighted by molar-refractivity contribution is 5.92. The molecule has 1 amide bonds. The van der Waals surface area contributed by atoms with Gasteiger partial charge in [0.05, 0.1) is 22.9 Å². The van der Waals surface area contributed by atoms with Crippen molar-refractivity contribution in [3.63, 3.8) is 0 Å². The molecule has 32 heavy (non-hydrogen) atoms. The largest absolute Gasteiger partial charge is 0.364 e. The molecular formula is C24H26N6O2. The molecule has 6 rings (SSSR count). The minimum absolute atomic E-state index is 0.0517. The van der Waals surface area contributed by atoms with Crippen LogP contribution in [-0.2, 0) is 19.4 Å². The zero-order chi connectivity index (χ0) is 21.8. The van der Waals surface area contributed by atoms with Crippen molar-refractivity contribution < 1.29 is 4.79 Å². The Balaban J connectivity index is 1.17. The summed E-state index contributed by atoms with van der Waals surface area (Å²) in [5.74, 6) is -0.166. The quantitative estimate of drug-likeness (QED) is 0.654. The van der Waals surface area contributed by atoms with E-state index in [0.29, 0.717) is 17.8 Å². The molecule has 3 aromatic heterocycles. The van der Waals surface area contributed by atoms with Crippen LogP contribution in [0.25, 0.3) is 11.0 Å². The molecule has 3 aromatic rings. The second-order valence-corrected chi connectivity index (χ2v) is 9.02. The fourth-order valence-electron chi connectivity index (χ4n) is 5.42. The fourth-order valence-corrected chi connectivity index (χ4v) is 5.42. The van der Waals surface area contributed by atoms with E-state index in [-0.39, 0.29) is 11.5 Å². The smallest absolute Gasteiger partial charge is 0.269 e. The van der Waals surface area contributed by atoms with Gasteiger partial charge in [0, 0.05) is 50.5 Å². The Morgan fingerprint density at radius 3 is 2.84 bits per heavy atom. The highest BCUT2D eigenvalue weighted by Gasteiger charge is 2.48. The lowest BCUT2D eigenvalue weighted by atomic mass is 10.1. The number of rotatable bonds is 4. The Labute approximate surface area is 185 Å². The Kier molecular flexibility index (Phi) is 4.50. The molecule has 1 saturated carbocycles. The molecule has 3 aliphatic rings. The Bertz CT molecular complexity index is 1270. The van der Waals surface area contributed by atoms with Crippen LogP contribution < -0.4 is 15.8 Å². The summed E-state index contributed by atoms with van der Waals surface area (Å²) < 4.78 is 0. The Hall–Kier alpha value is -3.26. The van der Waals surface area contributed by atoms with E-state index in [0.717, 1.165) is 78.7 Å². The van der Waals surface area contributed by atoms with Gasteiger partial charge in [0.2, 0.25) is 0 Å². The second-order valence-electron chi connectivity index (χ2n) is 9.02. The first-order valence-electron chi connectivity index (χ1n) is 11.3. The van der Waals surface area contributed by atoms with E-state index in [2.05, 4.69) is 31.2 Å². The van der Waals surface area contributed by atoms with Crippen LogP contribution in [-0.4, -0.2) is 58.0 Å². The number of nitrogens with one attached hydrogen (secondary N) is 2. The number of hydrogen-bond acceptors (Lipinski definition) is 6. The third-order valence-corrected chi connectivity index (χ3v) is 7.12. The average Bonchev–Trinajstić information content (AvgIpc) is 3.47. The maximum Gasteiger partial charge on any atom is 0.269 e. The maximum atomic E-state index is 12.4. The number of pyridine rings is 3. The zero-order valence-corrected chi connectivity index (χ0v) is 18.1. The van der Waals surface area contributed by atoms with Crippen molar-refractivity contribution in [2.24, 2.45) is 0 Å². The number of piperazine rings is 1. The third-order valence-electron chi connectivity index (χ3n) is 7.12. The van der Waals surface area contributed by atoms with Crippen LogP contribution in [0.5, 0.6) is 0 Å². The topological polar surface area (TPSA) is 94.2 Å². The van der Waals surface area contributed by atoms with Crippen molar-refractivity contribution in [2.45, 2.75) is 44.3 Å². The van der Waals surface area contributed by atoms with Gasteiger partial charge in [0.15, 0.2) is 0 Å². The van der Waals surface area contributed by atoms with Gasteiger partial charge >= 0.3 is 0 Å². The predicted molar refractivity (Wildman–Crippen MR) is 122 cm³/mol. The number of amides is 1. The van der Waals surface area contributed by atoms with Crippen molar-refractivity contribution in [3.8, 4) is 0 Å². The van der Waals surface area contributed by atoms with E-state index in [9.17, 15) is 9.59 Å². The lowest BCUT2D eigenvalue weighted by molar-refractivity contribution is 0.0958. The fraction of sp³-hybridized carbons (Fsp3) is 0.417. The van der Waals surface area contributed by atoms with E-state index < -0.39 is 0 Å². The molecule has 2 atom stereocenters. The summed E-state index contributed by atoms with van der Waals surface area (Å²) in [5.41, 5.74) is 6.59. The molecule has 4 heterocycles. The number of aromatic nitrogens is 3. The van der Waals surface area contributed by atoms with Gasteiger partial charge < -0.3 is 15.2 Å². The zero-order valence-electron chi connectivity index (χ0n) is 18.1. The van der Waals surface area contributed by atoms with E-state index in [1.54, 1.807) is 19.3 Å². The first-order chi connectivity index (χ1) is 15.6. The number of carbonyl (C=O) groups is 1. The van der Waals surface area contributed by atoms with Gasteiger partial charge in [-0.25, -0.2) is 4.98 Å². The molecule has 2 aliphatic carbocycles. The highest BCUT2D eigenvalue weighted by atomic mass is 16.1. The van der Waals surface area contributed by atoms with Crippen LogP contribution in [0.15, 0.2) is 35.4 Å². The van der Waals surface area contributed by atoms with Crippen LogP contribution >= 0.6 is 0 Å². The van der Waals surface area contributed by atoms with Crippen LogP contribution in [0.1, 0.15) is 40.0 Å². The molecule has 8 heteroatoms. The summed E-state index contributed by atoms with van der Waals surface area (Å²) in [6.45, 7) is 2.72. The van der Waals surface area contributed by atoms with E-state index in [1.807, 2.05) is 12.3 Å². The van der Waals surface area contributed by atoms with E-state index in [4.69, 9.17) is 4.98 Å². The molecule has 1 aliphatic heterocycles. The third kappa shape index (κ3) is 3.17. The van der Waals surface area contributed by atoms with Crippen LogP contribution in [0.3, 0.4) is 0 Å². The molecule has 8 nitrogen and oxygen atoms in total.